The molecule has 0 radical (unpaired) electrons. The number of aromatic nitrogens is 2. The average molecular weight is 370 g/mol. The Labute approximate surface area is 151 Å². The standard InChI is InChI=1S/C17H24F2N4OS/c1-12-11-14(21-16(20-12)25-2)22-7-3-13(4-8-22)15(24)23-9-5-17(18,19)6-10-23/h11,13H,3-10H2,1-2H3. The topological polar surface area (TPSA) is 49.3 Å². The van der Waals surface area contributed by atoms with Gasteiger partial charge in [0.15, 0.2) is 5.16 Å². The second-order valence-electron chi connectivity index (χ2n) is 6.80. The Hall–Kier alpha value is -1.44. The van der Waals surface area contributed by atoms with E-state index in [-0.39, 0.29) is 37.8 Å². The number of aryl methyl sites for hydroxylation is 1. The molecule has 2 aliphatic rings. The number of likely N-dealkylation sites (tertiary alicyclic amines) is 1. The van der Waals surface area contributed by atoms with Crippen LogP contribution in [0.3, 0.4) is 0 Å². The van der Waals surface area contributed by atoms with E-state index in [0.717, 1.165) is 42.6 Å². The molecule has 1 aromatic heterocycles. The van der Waals surface area contributed by atoms with Gasteiger partial charge in [0.1, 0.15) is 5.82 Å². The number of halogens is 2. The molecule has 0 unspecified atom stereocenters. The van der Waals surface area contributed by atoms with E-state index in [2.05, 4.69) is 14.9 Å². The lowest BCUT2D eigenvalue weighted by Crippen LogP contribution is -2.47. The van der Waals surface area contributed by atoms with Gasteiger partial charge in [-0.1, -0.05) is 11.8 Å². The van der Waals surface area contributed by atoms with Crippen molar-refractivity contribution in [1.82, 2.24) is 14.9 Å². The minimum Gasteiger partial charge on any atom is -0.356 e. The van der Waals surface area contributed by atoms with Crippen molar-refractivity contribution in [2.75, 3.05) is 37.3 Å². The highest BCUT2D eigenvalue weighted by atomic mass is 32.2. The van der Waals surface area contributed by atoms with Crippen LogP contribution in [0.4, 0.5) is 14.6 Å². The molecule has 2 saturated heterocycles. The maximum absolute atomic E-state index is 13.3. The van der Waals surface area contributed by atoms with Gasteiger partial charge in [0.2, 0.25) is 5.91 Å². The fourth-order valence-electron chi connectivity index (χ4n) is 3.45. The van der Waals surface area contributed by atoms with Crippen molar-refractivity contribution in [2.24, 2.45) is 5.92 Å². The molecule has 0 aliphatic carbocycles. The number of piperidine rings is 2. The van der Waals surface area contributed by atoms with Gasteiger partial charge >= 0.3 is 0 Å². The number of anilines is 1. The lowest BCUT2D eigenvalue weighted by atomic mass is 9.94. The number of amides is 1. The first-order valence-electron chi connectivity index (χ1n) is 8.69. The Morgan fingerprint density at radius 3 is 2.44 bits per heavy atom. The Morgan fingerprint density at radius 1 is 1.20 bits per heavy atom. The van der Waals surface area contributed by atoms with E-state index >= 15 is 0 Å². The number of nitrogens with zero attached hydrogens (tertiary/aromatic N) is 4. The van der Waals surface area contributed by atoms with Crippen LogP contribution in [0.25, 0.3) is 0 Å². The molecular formula is C17H24F2N4OS. The van der Waals surface area contributed by atoms with Crippen molar-refractivity contribution in [3.05, 3.63) is 11.8 Å². The van der Waals surface area contributed by atoms with Gasteiger partial charge < -0.3 is 9.80 Å². The molecule has 3 rings (SSSR count). The van der Waals surface area contributed by atoms with Crippen LogP contribution < -0.4 is 4.90 Å². The first-order valence-corrected chi connectivity index (χ1v) is 9.92. The van der Waals surface area contributed by atoms with E-state index in [4.69, 9.17) is 0 Å². The van der Waals surface area contributed by atoms with Gasteiger partial charge in [-0.2, -0.15) is 0 Å². The number of thioether (sulfide) groups is 1. The third kappa shape index (κ3) is 4.40. The summed E-state index contributed by atoms with van der Waals surface area (Å²) in [6.45, 7) is 3.81. The molecule has 2 aliphatic heterocycles. The lowest BCUT2D eigenvalue weighted by molar-refractivity contribution is -0.142. The van der Waals surface area contributed by atoms with Crippen molar-refractivity contribution < 1.29 is 13.6 Å². The van der Waals surface area contributed by atoms with Crippen molar-refractivity contribution in [3.63, 3.8) is 0 Å². The monoisotopic (exact) mass is 370 g/mol. The molecule has 138 valence electrons. The minimum atomic E-state index is -2.61. The van der Waals surface area contributed by atoms with Crippen LogP contribution in [0.1, 0.15) is 31.4 Å². The lowest BCUT2D eigenvalue weighted by Gasteiger charge is -2.37. The molecule has 1 aromatic rings. The Balaban J connectivity index is 1.57. The molecule has 0 saturated carbocycles. The van der Waals surface area contributed by atoms with E-state index < -0.39 is 5.92 Å². The van der Waals surface area contributed by atoms with Gasteiger partial charge in [-0.25, -0.2) is 18.7 Å². The van der Waals surface area contributed by atoms with Gasteiger partial charge in [0, 0.05) is 56.7 Å². The summed E-state index contributed by atoms with van der Waals surface area (Å²) in [5, 5.41) is 0.752. The predicted molar refractivity (Wildman–Crippen MR) is 94.2 cm³/mol. The van der Waals surface area contributed by atoms with Gasteiger partial charge in [-0.15, -0.1) is 0 Å². The summed E-state index contributed by atoms with van der Waals surface area (Å²) in [6, 6.07) is 1.97. The zero-order valence-corrected chi connectivity index (χ0v) is 15.5. The van der Waals surface area contributed by atoms with Crippen LogP contribution in [-0.4, -0.2) is 59.1 Å². The normalized spacial score (nSPS) is 21.4. The van der Waals surface area contributed by atoms with Gasteiger partial charge in [-0.3, -0.25) is 4.79 Å². The predicted octanol–water partition coefficient (Wildman–Crippen LogP) is 2.98. The molecule has 0 atom stereocenters. The third-order valence-electron chi connectivity index (χ3n) is 4.98. The van der Waals surface area contributed by atoms with E-state index in [1.54, 1.807) is 4.90 Å². The quantitative estimate of drug-likeness (QED) is 0.605. The summed E-state index contributed by atoms with van der Waals surface area (Å²) in [4.78, 5) is 25.3. The fraction of sp³-hybridized carbons (Fsp3) is 0.706. The Kier molecular flexibility index (Phi) is 5.46. The summed E-state index contributed by atoms with van der Waals surface area (Å²) >= 11 is 1.51. The smallest absolute Gasteiger partial charge is 0.251 e. The number of rotatable bonds is 3. The van der Waals surface area contributed by atoms with Gasteiger partial charge in [0.05, 0.1) is 0 Å². The maximum Gasteiger partial charge on any atom is 0.251 e. The Bertz CT molecular complexity index is 625. The number of carbonyl (C=O) groups is 1. The molecule has 0 N–H and O–H groups in total. The largest absolute Gasteiger partial charge is 0.356 e. The van der Waals surface area contributed by atoms with Crippen LogP contribution >= 0.6 is 11.8 Å². The maximum atomic E-state index is 13.3. The average Bonchev–Trinajstić information content (AvgIpc) is 2.60. The first-order chi connectivity index (χ1) is 11.9. The highest BCUT2D eigenvalue weighted by Gasteiger charge is 2.37. The third-order valence-corrected chi connectivity index (χ3v) is 5.53. The fourth-order valence-corrected chi connectivity index (χ4v) is 3.87. The molecule has 5 nitrogen and oxygen atoms in total. The summed E-state index contributed by atoms with van der Waals surface area (Å²) in [6.07, 6.45) is 3.00. The molecular weight excluding hydrogens is 346 g/mol. The number of hydrogen-bond donors (Lipinski definition) is 0. The van der Waals surface area contributed by atoms with Crippen molar-refractivity contribution in [1.29, 1.82) is 0 Å². The number of alkyl halides is 2. The summed E-state index contributed by atoms with van der Waals surface area (Å²) in [5.74, 6) is -1.73. The molecule has 3 heterocycles. The molecule has 1 amide bonds. The van der Waals surface area contributed by atoms with E-state index in [1.165, 1.54) is 11.8 Å². The van der Waals surface area contributed by atoms with Crippen molar-refractivity contribution in [2.45, 2.75) is 43.7 Å². The van der Waals surface area contributed by atoms with E-state index in [1.807, 2.05) is 19.2 Å². The SMILES string of the molecule is CSc1nc(C)cc(N2CCC(C(=O)N3CCC(F)(F)CC3)CC2)n1. The molecule has 0 spiro atoms. The summed E-state index contributed by atoms with van der Waals surface area (Å²) in [7, 11) is 0. The van der Waals surface area contributed by atoms with Crippen LogP contribution in [0.5, 0.6) is 0 Å². The molecule has 8 heteroatoms. The number of hydrogen-bond acceptors (Lipinski definition) is 5. The van der Waals surface area contributed by atoms with E-state index in [0.29, 0.717) is 0 Å². The minimum absolute atomic E-state index is 0.0406. The van der Waals surface area contributed by atoms with Gasteiger partial charge in [0.25, 0.3) is 5.92 Å². The second kappa shape index (κ2) is 7.43. The second-order valence-corrected chi connectivity index (χ2v) is 7.57. The van der Waals surface area contributed by atoms with Crippen LogP contribution in [-0.2, 0) is 4.79 Å². The van der Waals surface area contributed by atoms with Gasteiger partial charge in [-0.05, 0) is 26.0 Å². The van der Waals surface area contributed by atoms with Crippen molar-refractivity contribution >= 4 is 23.5 Å². The van der Waals surface area contributed by atoms with Crippen LogP contribution in [0.15, 0.2) is 11.2 Å². The molecule has 0 bridgehead atoms. The first kappa shape index (κ1) is 18.4. The summed E-state index contributed by atoms with van der Waals surface area (Å²) in [5.41, 5.74) is 0.932. The Morgan fingerprint density at radius 2 is 1.84 bits per heavy atom. The zero-order valence-electron chi connectivity index (χ0n) is 14.7. The van der Waals surface area contributed by atoms with Crippen molar-refractivity contribution in [3.8, 4) is 0 Å². The highest BCUT2D eigenvalue weighted by molar-refractivity contribution is 7.98. The van der Waals surface area contributed by atoms with E-state index in [9.17, 15) is 13.6 Å². The molecule has 25 heavy (non-hydrogen) atoms. The summed E-state index contributed by atoms with van der Waals surface area (Å²) < 4.78 is 26.5. The zero-order chi connectivity index (χ0) is 18.0. The molecule has 2 fully saturated rings. The molecule has 0 aromatic carbocycles. The van der Waals surface area contributed by atoms with Crippen LogP contribution in [0.2, 0.25) is 0 Å². The number of carbonyl (C=O) groups excluding carboxylic acids is 1. The highest BCUT2D eigenvalue weighted by Crippen LogP contribution is 2.30. The van der Waals surface area contributed by atoms with Crippen LogP contribution in [0, 0.1) is 12.8 Å².